The molecule has 1 aliphatic heterocycles. The number of urea groups is 1. The summed E-state index contributed by atoms with van der Waals surface area (Å²) in [5, 5.41) is 2.87. The van der Waals surface area contributed by atoms with Gasteiger partial charge in [0.1, 0.15) is 11.1 Å². The lowest BCUT2D eigenvalue weighted by atomic mass is 10.1. The van der Waals surface area contributed by atoms with Crippen LogP contribution in [0.3, 0.4) is 0 Å². The Morgan fingerprint density at radius 3 is 2.61 bits per heavy atom. The number of carbonyl (C=O) groups is 2. The van der Waals surface area contributed by atoms with E-state index in [-0.39, 0.29) is 28.1 Å². The Morgan fingerprint density at radius 1 is 1.32 bits per heavy atom. The van der Waals surface area contributed by atoms with Crippen molar-refractivity contribution in [2.75, 3.05) is 27.2 Å². The molecule has 1 aliphatic rings. The average molecular weight is 408 g/mol. The Morgan fingerprint density at radius 2 is 2.00 bits per heavy atom. The minimum atomic E-state index is -0.268. The highest BCUT2D eigenvalue weighted by atomic mass is 32.2. The molecule has 156 valence electrons. The Hall–Kier alpha value is -1.89. The molecule has 0 bridgehead atoms. The van der Waals surface area contributed by atoms with E-state index in [0.29, 0.717) is 13.1 Å². The molecule has 1 aromatic carbocycles. The fraction of sp³-hybridized carbons (Fsp3) is 0.619. The molecule has 1 aromatic rings. The van der Waals surface area contributed by atoms with Gasteiger partial charge in [0.15, 0.2) is 0 Å². The lowest BCUT2D eigenvalue weighted by Crippen LogP contribution is -2.47. The number of carbonyl (C=O) groups excluding carboxylic acids is 2. The highest BCUT2D eigenvalue weighted by Crippen LogP contribution is 2.46. The predicted molar refractivity (Wildman–Crippen MR) is 115 cm³/mol. The van der Waals surface area contributed by atoms with Gasteiger partial charge >= 0.3 is 6.03 Å². The van der Waals surface area contributed by atoms with Crippen LogP contribution in [0.25, 0.3) is 0 Å². The van der Waals surface area contributed by atoms with Crippen LogP contribution in [-0.4, -0.2) is 59.8 Å². The lowest BCUT2D eigenvalue weighted by molar-refractivity contribution is -0.130. The molecule has 2 atom stereocenters. The number of thioether (sulfide) groups is 1. The maximum Gasteiger partial charge on any atom is 0.317 e. The number of hydrogen-bond acceptors (Lipinski definition) is 4. The van der Waals surface area contributed by atoms with Crippen molar-refractivity contribution in [2.45, 2.75) is 56.7 Å². The van der Waals surface area contributed by atoms with Crippen LogP contribution in [0.1, 0.15) is 51.5 Å². The molecule has 1 fully saturated rings. The van der Waals surface area contributed by atoms with E-state index in [1.54, 1.807) is 30.8 Å². The van der Waals surface area contributed by atoms with E-state index >= 15 is 0 Å². The van der Waals surface area contributed by atoms with Gasteiger partial charge in [0.2, 0.25) is 5.91 Å². The number of para-hydroxylation sites is 1. The first-order valence-electron chi connectivity index (χ1n) is 9.80. The van der Waals surface area contributed by atoms with Gasteiger partial charge < -0.3 is 19.9 Å². The van der Waals surface area contributed by atoms with Crippen LogP contribution in [0, 0.1) is 0 Å². The summed E-state index contributed by atoms with van der Waals surface area (Å²) in [6.45, 7) is 9.12. The van der Waals surface area contributed by atoms with Crippen LogP contribution in [0.2, 0.25) is 0 Å². The molecule has 0 spiro atoms. The first kappa shape index (κ1) is 22.4. The quantitative estimate of drug-likeness (QED) is 0.745. The monoisotopic (exact) mass is 407 g/mol. The maximum atomic E-state index is 12.9. The van der Waals surface area contributed by atoms with E-state index in [4.69, 9.17) is 4.74 Å². The molecule has 1 heterocycles. The summed E-state index contributed by atoms with van der Waals surface area (Å²) in [7, 11) is 3.44. The van der Waals surface area contributed by atoms with E-state index in [1.165, 1.54) is 0 Å². The summed E-state index contributed by atoms with van der Waals surface area (Å²) >= 11 is 1.69. The fourth-order valence-electron chi connectivity index (χ4n) is 3.19. The van der Waals surface area contributed by atoms with Gasteiger partial charge in [-0.2, -0.15) is 0 Å². The number of nitrogens with one attached hydrogen (secondary N) is 1. The van der Waals surface area contributed by atoms with Crippen molar-refractivity contribution in [3.63, 3.8) is 0 Å². The SMILES string of the molecule is CC[C@@H]1S[C@@H](c2ccccc2OC)N(CCCN(C)C(=O)NC(C)(C)C)C1=O. The van der Waals surface area contributed by atoms with Crippen LogP contribution < -0.4 is 10.1 Å². The van der Waals surface area contributed by atoms with Crippen LogP contribution in [0.5, 0.6) is 5.75 Å². The molecule has 0 saturated carbocycles. The molecule has 3 amide bonds. The second kappa shape index (κ2) is 9.54. The molecule has 7 heteroatoms. The van der Waals surface area contributed by atoms with Crippen molar-refractivity contribution in [3.05, 3.63) is 29.8 Å². The smallest absolute Gasteiger partial charge is 0.317 e. The zero-order valence-electron chi connectivity index (χ0n) is 17.8. The van der Waals surface area contributed by atoms with Crippen molar-refractivity contribution in [2.24, 2.45) is 0 Å². The van der Waals surface area contributed by atoms with Gasteiger partial charge in [0.25, 0.3) is 0 Å². The number of amides is 3. The van der Waals surface area contributed by atoms with E-state index < -0.39 is 0 Å². The van der Waals surface area contributed by atoms with Gasteiger partial charge in [-0.05, 0) is 39.7 Å². The predicted octanol–water partition coefficient (Wildman–Crippen LogP) is 3.88. The van der Waals surface area contributed by atoms with Gasteiger partial charge in [-0.25, -0.2) is 4.79 Å². The molecular weight excluding hydrogens is 374 g/mol. The third-order valence-electron chi connectivity index (χ3n) is 4.63. The number of nitrogens with zero attached hydrogens (tertiary/aromatic N) is 2. The van der Waals surface area contributed by atoms with Gasteiger partial charge in [-0.1, -0.05) is 25.1 Å². The van der Waals surface area contributed by atoms with Crippen LogP contribution in [0.15, 0.2) is 24.3 Å². The van der Waals surface area contributed by atoms with E-state index in [9.17, 15) is 9.59 Å². The minimum absolute atomic E-state index is 0.0307. The average Bonchev–Trinajstić information content (AvgIpc) is 2.96. The molecule has 0 radical (unpaired) electrons. The summed E-state index contributed by atoms with van der Waals surface area (Å²) in [6.07, 6.45) is 1.53. The Bertz CT molecular complexity index is 690. The molecule has 28 heavy (non-hydrogen) atoms. The van der Waals surface area contributed by atoms with Gasteiger partial charge in [-0.3, -0.25) is 4.79 Å². The number of methoxy groups -OCH3 is 1. The summed E-state index contributed by atoms with van der Waals surface area (Å²) in [6, 6.07) is 7.78. The molecule has 1 N–H and O–H groups in total. The first-order valence-corrected chi connectivity index (χ1v) is 10.7. The summed E-state index contributed by atoms with van der Waals surface area (Å²) < 4.78 is 5.52. The van der Waals surface area contributed by atoms with Crippen LogP contribution >= 0.6 is 11.8 Å². The summed E-state index contributed by atoms with van der Waals surface area (Å²) in [4.78, 5) is 28.7. The van der Waals surface area contributed by atoms with Gasteiger partial charge in [-0.15, -0.1) is 11.8 Å². The number of ether oxygens (including phenoxy) is 1. The van der Waals surface area contributed by atoms with Crippen molar-refractivity contribution >= 4 is 23.7 Å². The van der Waals surface area contributed by atoms with Crippen molar-refractivity contribution < 1.29 is 14.3 Å². The zero-order chi connectivity index (χ0) is 20.9. The molecule has 1 saturated heterocycles. The van der Waals surface area contributed by atoms with Gasteiger partial charge in [0, 0.05) is 31.2 Å². The van der Waals surface area contributed by atoms with Crippen molar-refractivity contribution in [3.8, 4) is 5.75 Å². The molecular formula is C21H33N3O3S. The molecule has 6 nitrogen and oxygen atoms in total. The van der Waals surface area contributed by atoms with E-state index in [0.717, 1.165) is 24.2 Å². The Kier molecular flexibility index (Phi) is 7.63. The Labute approximate surface area is 173 Å². The fourth-order valence-corrected chi connectivity index (χ4v) is 4.65. The largest absolute Gasteiger partial charge is 0.496 e. The second-order valence-corrected chi connectivity index (χ2v) is 9.40. The maximum absolute atomic E-state index is 12.9. The lowest BCUT2D eigenvalue weighted by Gasteiger charge is -2.28. The number of rotatable bonds is 7. The standard InChI is InChI=1S/C21H33N3O3S/c1-7-17-18(25)24(14-10-13-23(5)20(26)22-21(2,3)4)19(28-17)15-11-8-9-12-16(15)27-6/h8-9,11-12,17,19H,7,10,13-14H2,1-6H3,(H,22,26)/t17-,19-/m0/s1. The number of benzene rings is 1. The molecule has 0 aliphatic carbocycles. The third-order valence-corrected chi connectivity index (χ3v) is 6.26. The second-order valence-electron chi connectivity index (χ2n) is 8.11. The molecule has 0 unspecified atom stereocenters. The molecule has 0 aromatic heterocycles. The highest BCUT2D eigenvalue weighted by molar-refractivity contribution is 8.01. The zero-order valence-corrected chi connectivity index (χ0v) is 18.6. The summed E-state index contributed by atoms with van der Waals surface area (Å²) in [5.74, 6) is 0.974. The summed E-state index contributed by atoms with van der Waals surface area (Å²) in [5.41, 5.74) is 0.758. The van der Waals surface area contributed by atoms with Crippen molar-refractivity contribution in [1.82, 2.24) is 15.1 Å². The van der Waals surface area contributed by atoms with Crippen molar-refractivity contribution in [1.29, 1.82) is 0 Å². The highest BCUT2D eigenvalue weighted by Gasteiger charge is 2.40. The molecule has 2 rings (SSSR count). The minimum Gasteiger partial charge on any atom is -0.496 e. The topological polar surface area (TPSA) is 61.9 Å². The van der Waals surface area contributed by atoms with E-state index in [1.807, 2.05) is 56.9 Å². The van der Waals surface area contributed by atoms with Crippen LogP contribution in [-0.2, 0) is 4.79 Å². The third kappa shape index (κ3) is 5.56. The number of hydrogen-bond donors (Lipinski definition) is 1. The Balaban J connectivity index is 2.04. The van der Waals surface area contributed by atoms with E-state index in [2.05, 4.69) is 5.32 Å². The van der Waals surface area contributed by atoms with Gasteiger partial charge in [0.05, 0.1) is 12.4 Å². The first-order chi connectivity index (χ1) is 13.2. The normalized spacial score (nSPS) is 19.6. The van der Waals surface area contributed by atoms with Crippen LogP contribution in [0.4, 0.5) is 4.79 Å².